The van der Waals surface area contributed by atoms with Gasteiger partial charge >= 0.3 is 0 Å². The van der Waals surface area contributed by atoms with Gasteiger partial charge in [0.25, 0.3) is 0 Å². The van der Waals surface area contributed by atoms with Crippen LogP contribution in [0.15, 0.2) is 60.8 Å². The van der Waals surface area contributed by atoms with Crippen LogP contribution < -0.4 is 5.32 Å². The van der Waals surface area contributed by atoms with E-state index < -0.39 is 0 Å². The number of amides is 1. The maximum Gasteiger partial charge on any atom is 0.220 e. The summed E-state index contributed by atoms with van der Waals surface area (Å²) in [6.45, 7) is 4.42. The Kier molecular flexibility index (Phi) is 6.51. The molecule has 0 radical (unpaired) electrons. The van der Waals surface area contributed by atoms with Crippen molar-refractivity contribution in [3.8, 4) is 0 Å². The highest BCUT2D eigenvalue weighted by molar-refractivity contribution is 6.30. The van der Waals surface area contributed by atoms with Crippen molar-refractivity contribution in [3.05, 3.63) is 94.1 Å². The predicted octanol–water partition coefficient (Wildman–Crippen LogP) is 5.39. The highest BCUT2D eigenvalue weighted by Gasteiger charge is 2.16. The summed E-state index contributed by atoms with van der Waals surface area (Å²) < 4.78 is 15.3. The van der Waals surface area contributed by atoms with Gasteiger partial charge in [-0.05, 0) is 60.9 Å². The number of aromatic nitrogens is 3. The lowest BCUT2D eigenvalue weighted by atomic mass is 10.1. The fraction of sp³-hybridized carbons (Fsp3) is 0.240. The molecule has 0 aliphatic rings. The highest BCUT2D eigenvalue weighted by Crippen LogP contribution is 2.20. The Hall–Kier alpha value is -3.25. The summed E-state index contributed by atoms with van der Waals surface area (Å²) in [5.74, 6) is 0.443. The van der Waals surface area contributed by atoms with Crippen LogP contribution in [-0.4, -0.2) is 20.4 Å². The number of fused-ring (bicyclic) bond motifs is 1. The van der Waals surface area contributed by atoms with Gasteiger partial charge in [-0.25, -0.2) is 14.4 Å². The molecule has 2 heterocycles. The first-order valence-corrected chi connectivity index (χ1v) is 10.9. The Morgan fingerprint density at radius 2 is 1.88 bits per heavy atom. The van der Waals surface area contributed by atoms with E-state index in [0.29, 0.717) is 24.4 Å². The molecule has 1 atom stereocenters. The van der Waals surface area contributed by atoms with Gasteiger partial charge in [0.1, 0.15) is 17.2 Å². The van der Waals surface area contributed by atoms with Crippen molar-refractivity contribution in [3.63, 3.8) is 0 Å². The van der Waals surface area contributed by atoms with Crippen LogP contribution in [0.4, 0.5) is 4.39 Å². The van der Waals surface area contributed by atoms with E-state index in [4.69, 9.17) is 16.6 Å². The molecule has 0 aliphatic carbocycles. The van der Waals surface area contributed by atoms with Crippen LogP contribution in [0.3, 0.4) is 0 Å². The van der Waals surface area contributed by atoms with Crippen LogP contribution in [0.2, 0.25) is 5.02 Å². The lowest BCUT2D eigenvalue weighted by Crippen LogP contribution is -2.27. The Bertz CT molecular complexity index is 1240. The molecule has 1 amide bonds. The highest BCUT2D eigenvalue weighted by atomic mass is 35.5. The number of hydrogen-bond donors (Lipinski definition) is 1. The van der Waals surface area contributed by atoms with Gasteiger partial charge in [0, 0.05) is 24.1 Å². The number of pyridine rings is 1. The molecule has 2 aromatic carbocycles. The number of halogens is 2. The molecule has 5 nitrogen and oxygen atoms in total. The second kappa shape index (κ2) is 9.49. The van der Waals surface area contributed by atoms with Crippen molar-refractivity contribution >= 4 is 28.7 Å². The first-order valence-electron chi connectivity index (χ1n) is 10.5. The van der Waals surface area contributed by atoms with E-state index in [1.54, 1.807) is 18.3 Å². The molecular formula is C25H24ClFN4O. The third-order valence-corrected chi connectivity index (χ3v) is 5.63. The zero-order valence-corrected chi connectivity index (χ0v) is 18.7. The minimum Gasteiger partial charge on any atom is -0.350 e. The number of nitrogens with one attached hydrogen (secondary N) is 1. The fourth-order valence-electron chi connectivity index (χ4n) is 3.66. The average molecular weight is 451 g/mol. The Morgan fingerprint density at radius 1 is 1.16 bits per heavy atom. The average Bonchev–Trinajstić information content (AvgIpc) is 3.10. The number of nitrogens with zero attached hydrogens (tertiary/aromatic N) is 3. The number of hydrogen-bond acceptors (Lipinski definition) is 3. The third-order valence-electron chi connectivity index (χ3n) is 5.38. The smallest absolute Gasteiger partial charge is 0.220 e. The molecule has 0 bridgehead atoms. The van der Waals surface area contributed by atoms with Crippen LogP contribution >= 0.6 is 11.6 Å². The second-order valence-electron chi connectivity index (χ2n) is 7.94. The SMILES string of the molecule is Cc1cnc2c(c1)nc(CCC(=O)N[C@@H](C)c1ccc(Cl)cc1)n2Cc1ccc(F)cc1. The van der Waals surface area contributed by atoms with E-state index in [-0.39, 0.29) is 17.8 Å². The molecule has 0 spiro atoms. The molecule has 0 unspecified atom stereocenters. The monoisotopic (exact) mass is 450 g/mol. The molecule has 4 rings (SSSR count). The number of carbonyl (C=O) groups excluding carboxylic acids is 1. The molecule has 0 saturated heterocycles. The van der Waals surface area contributed by atoms with Gasteiger partial charge in [0.15, 0.2) is 5.65 Å². The van der Waals surface area contributed by atoms with Crippen LogP contribution in [-0.2, 0) is 17.8 Å². The number of benzene rings is 2. The summed E-state index contributed by atoms with van der Waals surface area (Å²) in [5, 5.41) is 3.69. The number of imidazole rings is 1. The quantitative estimate of drug-likeness (QED) is 0.410. The molecule has 7 heteroatoms. The first kappa shape index (κ1) is 22.0. The topological polar surface area (TPSA) is 59.8 Å². The van der Waals surface area contributed by atoms with Gasteiger partial charge in [0.2, 0.25) is 5.91 Å². The van der Waals surface area contributed by atoms with Crippen molar-refractivity contribution < 1.29 is 9.18 Å². The number of aryl methyl sites for hydroxylation is 2. The van der Waals surface area contributed by atoms with E-state index in [1.165, 1.54) is 12.1 Å². The van der Waals surface area contributed by atoms with E-state index in [0.717, 1.165) is 33.7 Å². The zero-order valence-electron chi connectivity index (χ0n) is 18.0. The number of rotatable bonds is 7. The minimum atomic E-state index is -0.273. The Balaban J connectivity index is 1.50. The van der Waals surface area contributed by atoms with Crippen LogP contribution in [0.25, 0.3) is 11.2 Å². The van der Waals surface area contributed by atoms with Gasteiger partial charge in [-0.1, -0.05) is 35.9 Å². The molecular weight excluding hydrogens is 427 g/mol. The molecule has 4 aromatic rings. The molecule has 164 valence electrons. The van der Waals surface area contributed by atoms with Crippen molar-refractivity contribution in [1.82, 2.24) is 19.9 Å². The summed E-state index contributed by atoms with van der Waals surface area (Å²) in [6, 6.07) is 15.7. The van der Waals surface area contributed by atoms with Gasteiger partial charge in [-0.15, -0.1) is 0 Å². The molecule has 0 fully saturated rings. The minimum absolute atomic E-state index is 0.0584. The maximum atomic E-state index is 13.3. The predicted molar refractivity (Wildman–Crippen MR) is 124 cm³/mol. The molecule has 1 N–H and O–H groups in total. The van der Waals surface area contributed by atoms with E-state index >= 15 is 0 Å². The summed E-state index contributed by atoms with van der Waals surface area (Å²) in [4.78, 5) is 21.9. The van der Waals surface area contributed by atoms with Crippen molar-refractivity contribution in [2.24, 2.45) is 0 Å². The van der Waals surface area contributed by atoms with Crippen LogP contribution in [0, 0.1) is 12.7 Å². The van der Waals surface area contributed by atoms with Crippen molar-refractivity contribution in [1.29, 1.82) is 0 Å². The normalized spacial score (nSPS) is 12.1. The van der Waals surface area contributed by atoms with Gasteiger partial charge in [-0.2, -0.15) is 0 Å². The summed E-state index contributed by atoms with van der Waals surface area (Å²) in [6.07, 6.45) is 2.56. The largest absolute Gasteiger partial charge is 0.350 e. The summed E-state index contributed by atoms with van der Waals surface area (Å²) >= 11 is 5.94. The molecule has 0 aliphatic heterocycles. The van der Waals surface area contributed by atoms with E-state index in [9.17, 15) is 9.18 Å². The molecule has 0 saturated carbocycles. The zero-order chi connectivity index (χ0) is 22.7. The maximum absolute atomic E-state index is 13.3. The van der Waals surface area contributed by atoms with Crippen molar-refractivity contribution in [2.45, 2.75) is 39.3 Å². The Morgan fingerprint density at radius 3 is 2.59 bits per heavy atom. The van der Waals surface area contributed by atoms with Crippen molar-refractivity contribution in [2.75, 3.05) is 0 Å². The standard InChI is InChI=1S/C25H24ClFN4O/c1-16-13-22-25(28-14-16)31(15-18-3-9-21(27)10-4-18)23(30-22)11-12-24(32)29-17(2)19-5-7-20(26)8-6-19/h3-10,13-14,17H,11-12,15H2,1-2H3,(H,29,32)/t17-/m0/s1. The first-order chi connectivity index (χ1) is 15.4. The summed E-state index contributed by atoms with van der Waals surface area (Å²) in [5.41, 5.74) is 4.49. The van der Waals surface area contributed by atoms with Gasteiger partial charge in [0.05, 0.1) is 12.6 Å². The summed E-state index contributed by atoms with van der Waals surface area (Å²) in [7, 11) is 0. The molecule has 32 heavy (non-hydrogen) atoms. The molecule has 2 aromatic heterocycles. The lowest BCUT2D eigenvalue weighted by Gasteiger charge is -2.15. The van der Waals surface area contributed by atoms with Crippen LogP contribution in [0.5, 0.6) is 0 Å². The van der Waals surface area contributed by atoms with Gasteiger partial charge in [-0.3, -0.25) is 4.79 Å². The Labute approximate surface area is 191 Å². The number of carbonyl (C=O) groups is 1. The third kappa shape index (κ3) is 5.14. The van der Waals surface area contributed by atoms with E-state index in [2.05, 4.69) is 10.3 Å². The van der Waals surface area contributed by atoms with Gasteiger partial charge < -0.3 is 9.88 Å². The second-order valence-corrected chi connectivity index (χ2v) is 8.37. The fourth-order valence-corrected chi connectivity index (χ4v) is 3.79. The van der Waals surface area contributed by atoms with E-state index in [1.807, 2.05) is 48.7 Å². The lowest BCUT2D eigenvalue weighted by molar-refractivity contribution is -0.121. The van der Waals surface area contributed by atoms with Crippen LogP contribution in [0.1, 0.15) is 41.9 Å².